The molecule has 0 spiro atoms. The minimum atomic E-state index is -0.440. The number of hydrogen-bond acceptors (Lipinski definition) is 7. The number of anilines is 1. The fourth-order valence-electron chi connectivity index (χ4n) is 2.30. The molecule has 25 heavy (non-hydrogen) atoms. The number of nitrogens with two attached hydrogens (primary N) is 1. The number of benzene rings is 1. The molecule has 6 nitrogen and oxygen atoms in total. The normalized spacial score (nSPS) is 10.5. The number of hydrogen-bond donors (Lipinski definition) is 1. The van der Waals surface area contributed by atoms with Crippen LogP contribution in [-0.4, -0.2) is 37.7 Å². The Morgan fingerprint density at radius 1 is 1.36 bits per heavy atom. The number of ether oxygens (including phenoxy) is 2. The topological polar surface area (TPSA) is 88.6 Å². The summed E-state index contributed by atoms with van der Waals surface area (Å²) in [5.74, 6) is 0.366. The number of esters is 1. The van der Waals surface area contributed by atoms with E-state index < -0.39 is 5.97 Å². The Balaban J connectivity index is 2.02. The van der Waals surface area contributed by atoms with Gasteiger partial charge in [0.05, 0.1) is 12.2 Å². The summed E-state index contributed by atoms with van der Waals surface area (Å²) >= 11 is 1.10. The van der Waals surface area contributed by atoms with E-state index in [1.807, 2.05) is 42.3 Å². The third kappa shape index (κ3) is 4.95. The molecule has 0 unspecified atom stereocenters. The van der Waals surface area contributed by atoms with Crippen LogP contribution in [0.5, 0.6) is 5.75 Å². The molecule has 0 saturated carbocycles. The van der Waals surface area contributed by atoms with E-state index in [-0.39, 0.29) is 6.61 Å². The second kappa shape index (κ2) is 9.06. The van der Waals surface area contributed by atoms with Crippen LogP contribution in [0.25, 0.3) is 0 Å². The van der Waals surface area contributed by atoms with E-state index in [0.29, 0.717) is 40.7 Å². The van der Waals surface area contributed by atoms with Crippen molar-refractivity contribution in [1.82, 2.24) is 4.90 Å². The van der Waals surface area contributed by atoms with Crippen LogP contribution in [0.3, 0.4) is 0 Å². The fourth-order valence-corrected chi connectivity index (χ4v) is 3.23. The van der Waals surface area contributed by atoms with Gasteiger partial charge in [-0.05, 0) is 26.1 Å². The van der Waals surface area contributed by atoms with Gasteiger partial charge >= 0.3 is 5.97 Å². The van der Waals surface area contributed by atoms with Crippen molar-refractivity contribution >= 4 is 22.3 Å². The van der Waals surface area contributed by atoms with Gasteiger partial charge in [0.1, 0.15) is 28.3 Å². The Bertz CT molecular complexity index is 753. The van der Waals surface area contributed by atoms with Crippen molar-refractivity contribution in [3.63, 3.8) is 0 Å². The predicted octanol–water partition coefficient (Wildman–Crippen LogP) is 2.89. The molecule has 0 aliphatic rings. The first kappa shape index (κ1) is 18.8. The summed E-state index contributed by atoms with van der Waals surface area (Å²) in [4.78, 5) is 14.5. The summed E-state index contributed by atoms with van der Waals surface area (Å²) in [6, 6.07) is 11.6. The molecule has 0 bridgehead atoms. The number of nitriles is 1. The van der Waals surface area contributed by atoms with Gasteiger partial charge in [0, 0.05) is 18.7 Å². The molecule has 1 aromatic heterocycles. The number of thiophene rings is 1. The lowest BCUT2D eigenvalue weighted by Crippen LogP contribution is -2.25. The second-order valence-corrected chi connectivity index (χ2v) is 6.43. The smallest absolute Gasteiger partial charge is 0.348 e. The Morgan fingerprint density at radius 3 is 2.72 bits per heavy atom. The molecule has 0 aliphatic carbocycles. The molecule has 1 aromatic carbocycles. The van der Waals surface area contributed by atoms with Crippen molar-refractivity contribution in [1.29, 1.82) is 5.26 Å². The number of likely N-dealkylation sites (N-methyl/N-ethyl adjacent to an activating group) is 1. The molecule has 0 atom stereocenters. The molecule has 2 aromatic rings. The van der Waals surface area contributed by atoms with Gasteiger partial charge < -0.3 is 15.2 Å². The zero-order chi connectivity index (χ0) is 18.2. The van der Waals surface area contributed by atoms with Crippen LogP contribution in [0, 0.1) is 11.3 Å². The third-order valence-electron chi connectivity index (χ3n) is 3.52. The molecule has 0 saturated heterocycles. The predicted molar refractivity (Wildman–Crippen MR) is 97.7 cm³/mol. The van der Waals surface area contributed by atoms with Crippen molar-refractivity contribution in [2.24, 2.45) is 0 Å². The second-order valence-electron chi connectivity index (χ2n) is 5.38. The summed E-state index contributed by atoms with van der Waals surface area (Å²) in [7, 11) is 1.90. The highest BCUT2D eigenvalue weighted by Gasteiger charge is 2.23. The zero-order valence-electron chi connectivity index (χ0n) is 14.3. The Labute approximate surface area is 151 Å². The monoisotopic (exact) mass is 359 g/mol. The van der Waals surface area contributed by atoms with Gasteiger partial charge in [0.15, 0.2) is 0 Å². The number of carbonyl (C=O) groups excluding carboxylic acids is 1. The summed E-state index contributed by atoms with van der Waals surface area (Å²) in [6.45, 7) is 3.57. The van der Waals surface area contributed by atoms with E-state index in [0.717, 1.165) is 17.1 Å². The van der Waals surface area contributed by atoms with Crippen molar-refractivity contribution in [3.05, 3.63) is 46.3 Å². The zero-order valence-corrected chi connectivity index (χ0v) is 15.1. The van der Waals surface area contributed by atoms with Gasteiger partial charge in [-0.1, -0.05) is 18.2 Å². The number of rotatable bonds is 8. The highest BCUT2D eigenvalue weighted by molar-refractivity contribution is 7.18. The van der Waals surface area contributed by atoms with Crippen molar-refractivity contribution in [2.45, 2.75) is 13.5 Å². The lowest BCUT2D eigenvalue weighted by atomic mass is 10.1. The van der Waals surface area contributed by atoms with E-state index in [1.54, 1.807) is 6.92 Å². The minimum absolute atomic E-state index is 0.277. The molecule has 2 N–H and O–H groups in total. The van der Waals surface area contributed by atoms with Crippen LogP contribution in [0.1, 0.15) is 27.7 Å². The summed E-state index contributed by atoms with van der Waals surface area (Å²) < 4.78 is 10.7. The third-order valence-corrected chi connectivity index (χ3v) is 4.56. The van der Waals surface area contributed by atoms with Crippen LogP contribution in [-0.2, 0) is 11.3 Å². The molecule has 0 radical (unpaired) electrons. The largest absolute Gasteiger partial charge is 0.492 e. The molecule has 0 aliphatic heterocycles. The first-order chi connectivity index (χ1) is 12.1. The molecular formula is C18H21N3O3S. The Morgan fingerprint density at radius 2 is 2.08 bits per heavy atom. The molecule has 2 rings (SSSR count). The standard InChI is InChI=1S/C18H21N3O3S/c1-3-23-18(22)16-15(14(11-19)17(20)25-16)12-21(2)9-10-24-13-7-5-4-6-8-13/h4-8H,3,9-10,12,20H2,1-2H3. The first-order valence-electron chi connectivity index (χ1n) is 7.91. The number of nitrogens with zero attached hydrogens (tertiary/aromatic N) is 2. The summed E-state index contributed by atoms with van der Waals surface area (Å²) in [5.41, 5.74) is 6.85. The van der Waals surface area contributed by atoms with E-state index in [1.165, 1.54) is 0 Å². The first-order valence-corrected chi connectivity index (χ1v) is 8.73. The van der Waals surface area contributed by atoms with Crippen LogP contribution < -0.4 is 10.5 Å². The van der Waals surface area contributed by atoms with Crippen LogP contribution in [0.15, 0.2) is 30.3 Å². The van der Waals surface area contributed by atoms with Crippen LogP contribution >= 0.6 is 11.3 Å². The van der Waals surface area contributed by atoms with Crippen LogP contribution in [0.2, 0.25) is 0 Å². The molecular weight excluding hydrogens is 338 g/mol. The van der Waals surface area contributed by atoms with Gasteiger partial charge in [-0.2, -0.15) is 5.26 Å². The lowest BCUT2D eigenvalue weighted by molar-refractivity contribution is 0.0530. The average molecular weight is 359 g/mol. The average Bonchev–Trinajstić information content (AvgIpc) is 2.91. The van der Waals surface area contributed by atoms with E-state index in [9.17, 15) is 10.1 Å². The van der Waals surface area contributed by atoms with Crippen molar-refractivity contribution < 1.29 is 14.3 Å². The van der Waals surface area contributed by atoms with E-state index in [2.05, 4.69) is 6.07 Å². The summed E-state index contributed by atoms with van der Waals surface area (Å²) in [5, 5.41) is 9.69. The van der Waals surface area contributed by atoms with Crippen LogP contribution in [0.4, 0.5) is 5.00 Å². The van der Waals surface area contributed by atoms with Gasteiger partial charge in [-0.25, -0.2) is 4.79 Å². The highest BCUT2D eigenvalue weighted by atomic mass is 32.1. The highest BCUT2D eigenvalue weighted by Crippen LogP contribution is 2.32. The van der Waals surface area contributed by atoms with Gasteiger partial charge in [0.25, 0.3) is 0 Å². The number of nitrogen functional groups attached to an aromatic ring is 1. The number of carbonyl (C=O) groups is 1. The maximum Gasteiger partial charge on any atom is 0.348 e. The van der Waals surface area contributed by atoms with Crippen molar-refractivity contribution in [3.8, 4) is 11.8 Å². The summed E-state index contributed by atoms with van der Waals surface area (Å²) in [6.07, 6.45) is 0. The maximum atomic E-state index is 12.1. The molecule has 0 fully saturated rings. The Hall–Kier alpha value is -2.56. The maximum absolute atomic E-state index is 12.1. The molecule has 1 heterocycles. The quantitative estimate of drug-likeness (QED) is 0.729. The van der Waals surface area contributed by atoms with Crippen molar-refractivity contribution in [2.75, 3.05) is 32.5 Å². The SMILES string of the molecule is CCOC(=O)c1sc(N)c(C#N)c1CN(C)CCOc1ccccc1. The van der Waals surface area contributed by atoms with Gasteiger partial charge in [-0.3, -0.25) is 4.90 Å². The van der Waals surface area contributed by atoms with Gasteiger partial charge in [0.2, 0.25) is 0 Å². The number of para-hydroxylation sites is 1. The Kier molecular flexibility index (Phi) is 6.81. The van der Waals surface area contributed by atoms with E-state index in [4.69, 9.17) is 15.2 Å². The fraction of sp³-hybridized carbons (Fsp3) is 0.333. The van der Waals surface area contributed by atoms with Gasteiger partial charge in [-0.15, -0.1) is 11.3 Å². The lowest BCUT2D eigenvalue weighted by Gasteiger charge is -2.17. The van der Waals surface area contributed by atoms with E-state index >= 15 is 0 Å². The molecule has 7 heteroatoms. The molecule has 132 valence electrons. The minimum Gasteiger partial charge on any atom is -0.492 e. The molecule has 0 amide bonds.